The molecule has 0 aliphatic rings. The molecule has 0 aliphatic heterocycles. The predicted octanol–water partition coefficient (Wildman–Crippen LogP) is 3.75. The van der Waals surface area contributed by atoms with E-state index in [-0.39, 0.29) is 11.1 Å². The minimum Gasteiger partial charge on any atom is -0.515 e. The molecule has 0 bridgehead atoms. The lowest BCUT2D eigenvalue weighted by molar-refractivity contribution is -0.108. The number of carbonyl (C=O) groups excluding carboxylic acids is 1. The largest absolute Gasteiger partial charge is 0.515 e. The van der Waals surface area contributed by atoms with E-state index >= 15 is 0 Å². The summed E-state index contributed by atoms with van der Waals surface area (Å²) in [4.78, 5) is 12.4. The Morgan fingerprint density at radius 3 is 1.35 bits per heavy atom. The Balaban J connectivity index is 2.39. The lowest BCUT2D eigenvalue weighted by Crippen LogP contribution is -2.05. The molecular weight excluding hydrogens is 252 g/mol. The van der Waals surface area contributed by atoms with E-state index in [1.54, 1.807) is 48.5 Å². The van der Waals surface area contributed by atoms with Crippen LogP contribution in [0.2, 0.25) is 0 Å². The van der Waals surface area contributed by atoms with Crippen LogP contribution in [0.15, 0.2) is 73.2 Å². The summed E-state index contributed by atoms with van der Waals surface area (Å²) < 4.78 is 0. The summed E-state index contributed by atoms with van der Waals surface area (Å²) in [6.45, 7) is 0. The van der Waals surface area contributed by atoms with Gasteiger partial charge in [-0.3, -0.25) is 4.79 Å². The van der Waals surface area contributed by atoms with Gasteiger partial charge in [-0.05, 0) is 11.1 Å². The Bertz CT molecular complexity index is 583. The van der Waals surface area contributed by atoms with E-state index in [0.29, 0.717) is 11.1 Å². The van der Waals surface area contributed by atoms with E-state index < -0.39 is 5.78 Å². The Hall–Kier alpha value is -2.81. The standard InChI is InChI=1S/C17H14O3/c18-11-15(13-7-3-1-4-8-13)17(20)16(12-19)14-9-5-2-6-10-14/h1-12,18-19H/b15-11+,16-12+. The van der Waals surface area contributed by atoms with Gasteiger partial charge in [0, 0.05) is 0 Å². The SMILES string of the molecule is O=C(/C(=C/O)c1ccccc1)/C(=C/O)c1ccccc1. The van der Waals surface area contributed by atoms with Crippen LogP contribution in [0, 0.1) is 0 Å². The summed E-state index contributed by atoms with van der Waals surface area (Å²) >= 11 is 0. The highest BCUT2D eigenvalue weighted by Gasteiger charge is 2.18. The Morgan fingerprint density at radius 2 is 1.05 bits per heavy atom. The van der Waals surface area contributed by atoms with Crippen LogP contribution in [-0.2, 0) is 4.79 Å². The van der Waals surface area contributed by atoms with Crippen LogP contribution < -0.4 is 0 Å². The minimum atomic E-state index is -0.438. The van der Waals surface area contributed by atoms with E-state index in [9.17, 15) is 15.0 Å². The van der Waals surface area contributed by atoms with Gasteiger partial charge in [0.2, 0.25) is 0 Å². The third kappa shape index (κ3) is 2.78. The maximum Gasteiger partial charge on any atom is 0.200 e. The molecule has 0 saturated heterocycles. The van der Waals surface area contributed by atoms with Crippen molar-refractivity contribution in [1.82, 2.24) is 0 Å². The van der Waals surface area contributed by atoms with Crippen molar-refractivity contribution in [3.63, 3.8) is 0 Å². The average Bonchev–Trinajstić information content (AvgIpc) is 2.51. The Kier molecular flexibility index (Phi) is 4.35. The number of benzene rings is 2. The first-order chi connectivity index (χ1) is 9.77. The van der Waals surface area contributed by atoms with Crippen molar-refractivity contribution in [2.45, 2.75) is 0 Å². The molecule has 100 valence electrons. The zero-order valence-corrected chi connectivity index (χ0v) is 10.7. The van der Waals surface area contributed by atoms with Gasteiger partial charge in [-0.25, -0.2) is 0 Å². The zero-order chi connectivity index (χ0) is 14.4. The van der Waals surface area contributed by atoms with Gasteiger partial charge in [0.1, 0.15) is 0 Å². The van der Waals surface area contributed by atoms with E-state index in [1.165, 1.54) is 0 Å². The molecule has 3 heteroatoms. The summed E-state index contributed by atoms with van der Waals surface area (Å²) in [5.74, 6) is -0.438. The van der Waals surface area contributed by atoms with Crippen LogP contribution in [-0.4, -0.2) is 16.0 Å². The zero-order valence-electron chi connectivity index (χ0n) is 10.7. The fourth-order valence-electron chi connectivity index (χ4n) is 1.91. The predicted molar refractivity (Wildman–Crippen MR) is 79.1 cm³/mol. The van der Waals surface area contributed by atoms with Gasteiger partial charge in [0.05, 0.1) is 23.7 Å². The monoisotopic (exact) mass is 266 g/mol. The Morgan fingerprint density at radius 1 is 0.700 bits per heavy atom. The number of allylic oxidation sites excluding steroid dienone is 2. The summed E-state index contributed by atoms with van der Waals surface area (Å²) in [5, 5.41) is 18.7. The van der Waals surface area contributed by atoms with Crippen LogP contribution in [0.5, 0.6) is 0 Å². The molecule has 3 nitrogen and oxygen atoms in total. The summed E-state index contributed by atoms with van der Waals surface area (Å²) in [6, 6.07) is 17.6. The molecule has 2 rings (SSSR count). The summed E-state index contributed by atoms with van der Waals surface area (Å²) in [6.07, 6.45) is 1.54. The topological polar surface area (TPSA) is 57.5 Å². The van der Waals surface area contributed by atoms with Crippen molar-refractivity contribution in [2.75, 3.05) is 0 Å². The number of ketones is 1. The molecule has 0 spiro atoms. The van der Waals surface area contributed by atoms with Gasteiger partial charge >= 0.3 is 0 Å². The summed E-state index contributed by atoms with van der Waals surface area (Å²) in [5.41, 5.74) is 1.45. The molecule has 0 radical (unpaired) electrons. The van der Waals surface area contributed by atoms with Crippen LogP contribution in [0.4, 0.5) is 0 Å². The normalized spacial score (nSPS) is 12.2. The molecule has 0 saturated carbocycles. The molecule has 0 heterocycles. The van der Waals surface area contributed by atoms with E-state index in [0.717, 1.165) is 12.5 Å². The Labute approximate surface area is 117 Å². The quantitative estimate of drug-likeness (QED) is 0.654. The fraction of sp³-hybridized carbons (Fsp3) is 0. The average molecular weight is 266 g/mol. The number of aliphatic hydroxyl groups is 2. The fourth-order valence-corrected chi connectivity index (χ4v) is 1.91. The first kappa shape index (κ1) is 13.6. The second-order valence-electron chi connectivity index (χ2n) is 4.15. The van der Waals surface area contributed by atoms with Gasteiger partial charge in [-0.1, -0.05) is 60.7 Å². The van der Waals surface area contributed by atoms with Crippen molar-refractivity contribution in [3.05, 3.63) is 84.3 Å². The number of hydrogen-bond donors (Lipinski definition) is 2. The number of Topliss-reactive ketones (excluding diaryl/α,β-unsaturated/α-hetero) is 1. The number of rotatable bonds is 4. The third-order valence-electron chi connectivity index (χ3n) is 2.92. The number of aliphatic hydroxyl groups excluding tert-OH is 2. The first-order valence-corrected chi connectivity index (χ1v) is 6.12. The maximum atomic E-state index is 12.4. The smallest absolute Gasteiger partial charge is 0.200 e. The van der Waals surface area contributed by atoms with Crippen molar-refractivity contribution < 1.29 is 15.0 Å². The van der Waals surface area contributed by atoms with Crippen LogP contribution in [0.3, 0.4) is 0 Å². The molecule has 2 aromatic carbocycles. The highest BCUT2D eigenvalue weighted by Crippen LogP contribution is 2.24. The second-order valence-corrected chi connectivity index (χ2v) is 4.15. The maximum absolute atomic E-state index is 12.4. The number of hydrogen-bond acceptors (Lipinski definition) is 3. The van der Waals surface area contributed by atoms with E-state index in [2.05, 4.69) is 0 Å². The van der Waals surface area contributed by atoms with Gasteiger partial charge in [0.25, 0.3) is 0 Å². The minimum absolute atomic E-state index is 0.134. The third-order valence-corrected chi connectivity index (χ3v) is 2.92. The summed E-state index contributed by atoms with van der Waals surface area (Å²) in [7, 11) is 0. The van der Waals surface area contributed by atoms with Crippen LogP contribution in [0.25, 0.3) is 11.1 Å². The molecule has 2 N–H and O–H groups in total. The first-order valence-electron chi connectivity index (χ1n) is 6.12. The van der Waals surface area contributed by atoms with E-state index in [1.807, 2.05) is 12.1 Å². The van der Waals surface area contributed by atoms with Crippen LogP contribution in [0.1, 0.15) is 11.1 Å². The van der Waals surface area contributed by atoms with Crippen molar-refractivity contribution in [1.29, 1.82) is 0 Å². The lowest BCUT2D eigenvalue weighted by atomic mass is 9.94. The second kappa shape index (κ2) is 6.38. The molecule has 2 aromatic rings. The molecule has 0 atom stereocenters. The van der Waals surface area contributed by atoms with Gasteiger partial charge in [-0.15, -0.1) is 0 Å². The molecule has 0 aliphatic carbocycles. The van der Waals surface area contributed by atoms with Gasteiger partial charge < -0.3 is 10.2 Å². The highest BCUT2D eigenvalue weighted by molar-refractivity contribution is 6.41. The number of carbonyl (C=O) groups is 1. The van der Waals surface area contributed by atoms with Crippen molar-refractivity contribution in [3.8, 4) is 0 Å². The highest BCUT2D eigenvalue weighted by atomic mass is 16.2. The van der Waals surface area contributed by atoms with Crippen molar-refractivity contribution >= 4 is 16.9 Å². The molecule has 20 heavy (non-hydrogen) atoms. The lowest BCUT2D eigenvalue weighted by Gasteiger charge is -2.08. The van der Waals surface area contributed by atoms with Crippen molar-refractivity contribution in [2.24, 2.45) is 0 Å². The molecular formula is C17H14O3. The molecule has 0 fully saturated rings. The van der Waals surface area contributed by atoms with Crippen LogP contribution >= 0.6 is 0 Å². The molecule has 0 amide bonds. The van der Waals surface area contributed by atoms with E-state index in [4.69, 9.17) is 0 Å². The molecule has 0 aromatic heterocycles. The van der Waals surface area contributed by atoms with Gasteiger partial charge in [-0.2, -0.15) is 0 Å². The molecule has 0 unspecified atom stereocenters. The van der Waals surface area contributed by atoms with Gasteiger partial charge in [0.15, 0.2) is 5.78 Å².